The molecule has 142 valence electrons. The van der Waals surface area contributed by atoms with Gasteiger partial charge in [0.2, 0.25) is 0 Å². The molecule has 0 unspecified atom stereocenters. The summed E-state index contributed by atoms with van der Waals surface area (Å²) < 4.78 is 9.70. The molecule has 10 heteroatoms. The second-order valence-corrected chi connectivity index (χ2v) is 5.27. The van der Waals surface area contributed by atoms with Gasteiger partial charge in [0, 0.05) is 6.42 Å². The van der Waals surface area contributed by atoms with E-state index in [1.54, 1.807) is 6.92 Å². The summed E-state index contributed by atoms with van der Waals surface area (Å²) in [5.41, 5.74) is 3.10. The number of furan rings is 1. The Balaban J connectivity index is 2.01. The van der Waals surface area contributed by atoms with Gasteiger partial charge in [-0.15, -0.1) is 0 Å². The van der Waals surface area contributed by atoms with Crippen molar-refractivity contribution in [3.63, 3.8) is 0 Å². The Bertz CT molecular complexity index is 818. The predicted octanol–water partition coefficient (Wildman–Crippen LogP) is 2.00. The topological polar surface area (TPSA) is 136 Å². The quantitative estimate of drug-likeness (QED) is 0.412. The van der Waals surface area contributed by atoms with Gasteiger partial charge < -0.3 is 14.5 Å². The zero-order valence-electron chi connectivity index (χ0n) is 14.5. The summed E-state index contributed by atoms with van der Waals surface area (Å²) in [6.07, 6.45) is 0.626. The number of amides is 2. The van der Waals surface area contributed by atoms with Crippen molar-refractivity contribution in [2.24, 2.45) is 5.10 Å². The molecule has 0 aliphatic carbocycles. The fraction of sp³-hybridized carbons (Fsp3) is 0.235. The molecule has 0 fully saturated rings. The molecule has 1 heterocycles. The van der Waals surface area contributed by atoms with E-state index in [1.165, 1.54) is 12.1 Å². The molecule has 1 atom stereocenters. The first kappa shape index (κ1) is 19.6. The van der Waals surface area contributed by atoms with Gasteiger partial charge in [0.25, 0.3) is 5.91 Å². The second kappa shape index (κ2) is 9.70. The molecular weight excluding hydrogens is 356 g/mol. The lowest BCUT2D eigenvalue weighted by Gasteiger charge is -2.16. The maximum absolute atomic E-state index is 12.4. The van der Waals surface area contributed by atoms with Crippen LogP contribution in [0.3, 0.4) is 0 Å². The van der Waals surface area contributed by atoms with Gasteiger partial charge in [-0.1, -0.05) is 30.3 Å². The van der Waals surface area contributed by atoms with E-state index in [2.05, 4.69) is 15.8 Å². The smallest absolute Gasteiger partial charge is 0.433 e. The fourth-order valence-electron chi connectivity index (χ4n) is 2.12. The first-order valence-corrected chi connectivity index (χ1v) is 8.04. The molecule has 0 spiro atoms. The van der Waals surface area contributed by atoms with Crippen LogP contribution in [-0.2, 0) is 16.0 Å². The van der Waals surface area contributed by atoms with Crippen LogP contribution in [0.1, 0.15) is 18.2 Å². The number of rotatable bonds is 8. The van der Waals surface area contributed by atoms with Crippen molar-refractivity contribution in [3.05, 3.63) is 63.9 Å². The van der Waals surface area contributed by atoms with Crippen molar-refractivity contribution in [1.82, 2.24) is 10.7 Å². The van der Waals surface area contributed by atoms with Gasteiger partial charge in [0.1, 0.15) is 11.0 Å². The molecular formula is C17H18N4O6. The Hall–Kier alpha value is -3.69. The van der Waals surface area contributed by atoms with Crippen molar-refractivity contribution in [2.45, 2.75) is 19.4 Å². The minimum absolute atomic E-state index is 0.0972. The van der Waals surface area contributed by atoms with E-state index in [1.807, 2.05) is 30.3 Å². The van der Waals surface area contributed by atoms with Gasteiger partial charge in [0.15, 0.2) is 5.76 Å². The second-order valence-electron chi connectivity index (χ2n) is 5.27. The average molecular weight is 374 g/mol. The number of hydrogen-bond acceptors (Lipinski definition) is 7. The molecule has 1 aromatic carbocycles. The first-order chi connectivity index (χ1) is 13.0. The zero-order valence-corrected chi connectivity index (χ0v) is 14.5. The van der Waals surface area contributed by atoms with Crippen LogP contribution in [0.5, 0.6) is 0 Å². The monoisotopic (exact) mass is 374 g/mol. The lowest BCUT2D eigenvalue weighted by atomic mass is 10.1. The van der Waals surface area contributed by atoms with Crippen LogP contribution in [0, 0.1) is 10.1 Å². The Kier molecular flexibility index (Phi) is 7.06. The standard InChI is InChI=1S/C17H18N4O6/c1-2-26-17(23)19-14(10-12-6-4-3-5-7-12)16(22)20-18-11-13-8-9-15(27-13)21(24)25/h3-9,11,14H,2,10H2,1H3,(H,19,23)(H,20,22)/b18-11-/t14-/m1/s1. The van der Waals surface area contributed by atoms with E-state index >= 15 is 0 Å². The van der Waals surface area contributed by atoms with Crippen molar-refractivity contribution >= 4 is 24.1 Å². The number of carbonyl (C=O) groups excluding carboxylic acids is 2. The maximum atomic E-state index is 12.4. The van der Waals surface area contributed by atoms with Crippen LogP contribution in [0.15, 0.2) is 52.0 Å². The summed E-state index contributed by atoms with van der Waals surface area (Å²) in [6, 6.07) is 10.7. The van der Waals surface area contributed by atoms with E-state index in [4.69, 9.17) is 9.15 Å². The van der Waals surface area contributed by atoms with Crippen LogP contribution < -0.4 is 10.7 Å². The minimum Gasteiger partial charge on any atom is -0.450 e. The number of hydrogen-bond donors (Lipinski definition) is 2. The summed E-state index contributed by atoms with van der Waals surface area (Å²) in [6.45, 7) is 1.82. The highest BCUT2D eigenvalue weighted by Crippen LogP contribution is 2.13. The summed E-state index contributed by atoms with van der Waals surface area (Å²) in [5.74, 6) is -0.919. The third-order valence-corrected chi connectivity index (χ3v) is 3.33. The Labute approximate surface area is 154 Å². The SMILES string of the molecule is CCOC(=O)N[C@H](Cc1ccccc1)C(=O)N/N=C\c1ccc([N+](=O)[O-])o1. The molecule has 1 aromatic heterocycles. The summed E-state index contributed by atoms with van der Waals surface area (Å²) in [4.78, 5) is 33.9. The number of hydrazone groups is 1. The molecule has 0 bridgehead atoms. The zero-order chi connectivity index (χ0) is 19.6. The molecule has 0 aliphatic rings. The highest BCUT2D eigenvalue weighted by atomic mass is 16.6. The third kappa shape index (κ3) is 6.27. The van der Waals surface area contributed by atoms with Gasteiger partial charge in [-0.05, 0) is 18.6 Å². The number of alkyl carbamates (subject to hydrolysis) is 1. The van der Waals surface area contributed by atoms with E-state index in [9.17, 15) is 19.7 Å². The number of nitrogens with zero attached hydrogens (tertiary/aromatic N) is 2. The maximum Gasteiger partial charge on any atom is 0.433 e. The summed E-state index contributed by atoms with van der Waals surface area (Å²) in [5, 5.41) is 16.7. The molecule has 0 radical (unpaired) electrons. The van der Waals surface area contributed by atoms with Crippen molar-refractivity contribution in [3.8, 4) is 0 Å². The van der Waals surface area contributed by atoms with Gasteiger partial charge in [0.05, 0.1) is 18.9 Å². The van der Waals surface area contributed by atoms with Gasteiger partial charge in [-0.2, -0.15) is 5.10 Å². The largest absolute Gasteiger partial charge is 0.450 e. The molecule has 2 aromatic rings. The molecule has 2 rings (SSSR count). The Morgan fingerprint density at radius 1 is 1.30 bits per heavy atom. The van der Waals surface area contributed by atoms with Crippen LogP contribution in [0.4, 0.5) is 10.7 Å². The molecule has 27 heavy (non-hydrogen) atoms. The van der Waals surface area contributed by atoms with Crippen molar-refractivity contribution in [2.75, 3.05) is 6.61 Å². The van der Waals surface area contributed by atoms with E-state index in [0.717, 1.165) is 11.8 Å². The number of carbonyl (C=O) groups is 2. The summed E-state index contributed by atoms with van der Waals surface area (Å²) in [7, 11) is 0. The first-order valence-electron chi connectivity index (χ1n) is 8.04. The van der Waals surface area contributed by atoms with E-state index in [0.29, 0.717) is 0 Å². The van der Waals surface area contributed by atoms with Gasteiger partial charge >= 0.3 is 12.0 Å². The van der Waals surface area contributed by atoms with Crippen LogP contribution in [0.25, 0.3) is 0 Å². The predicted molar refractivity (Wildman–Crippen MR) is 95.2 cm³/mol. The molecule has 0 aliphatic heterocycles. The minimum atomic E-state index is -0.922. The molecule has 0 saturated carbocycles. The Morgan fingerprint density at radius 3 is 2.67 bits per heavy atom. The molecule has 10 nitrogen and oxygen atoms in total. The van der Waals surface area contributed by atoms with Gasteiger partial charge in [-0.25, -0.2) is 10.2 Å². The van der Waals surface area contributed by atoms with Crippen molar-refractivity contribution < 1.29 is 23.7 Å². The number of ether oxygens (including phenoxy) is 1. The van der Waals surface area contributed by atoms with Crippen LogP contribution in [0.2, 0.25) is 0 Å². The lowest BCUT2D eigenvalue weighted by molar-refractivity contribution is -0.402. The molecule has 0 saturated heterocycles. The highest BCUT2D eigenvalue weighted by Gasteiger charge is 2.21. The van der Waals surface area contributed by atoms with Crippen molar-refractivity contribution in [1.29, 1.82) is 0 Å². The number of nitrogens with one attached hydrogen (secondary N) is 2. The highest BCUT2D eigenvalue weighted by molar-refractivity contribution is 5.87. The van der Waals surface area contributed by atoms with Crippen LogP contribution >= 0.6 is 0 Å². The number of nitro groups is 1. The normalized spacial score (nSPS) is 11.7. The lowest BCUT2D eigenvalue weighted by Crippen LogP contribution is -2.47. The van der Waals surface area contributed by atoms with Crippen LogP contribution in [-0.4, -0.2) is 35.8 Å². The van der Waals surface area contributed by atoms with Gasteiger partial charge in [-0.3, -0.25) is 14.9 Å². The molecule has 2 N–H and O–H groups in total. The van der Waals surface area contributed by atoms with E-state index < -0.39 is 28.8 Å². The third-order valence-electron chi connectivity index (χ3n) is 3.33. The number of benzene rings is 1. The average Bonchev–Trinajstić information content (AvgIpc) is 3.11. The Morgan fingerprint density at radius 2 is 2.04 bits per heavy atom. The molecule has 2 amide bonds. The fourth-order valence-corrected chi connectivity index (χ4v) is 2.12. The summed E-state index contributed by atoms with van der Waals surface area (Å²) >= 11 is 0. The van der Waals surface area contributed by atoms with E-state index in [-0.39, 0.29) is 18.8 Å².